The molecule has 104 valence electrons. The van der Waals surface area contributed by atoms with E-state index >= 15 is 0 Å². The summed E-state index contributed by atoms with van der Waals surface area (Å²) in [5, 5.41) is 6.71. The van der Waals surface area contributed by atoms with E-state index in [1.807, 2.05) is 0 Å². The van der Waals surface area contributed by atoms with Crippen molar-refractivity contribution in [2.24, 2.45) is 11.8 Å². The molecule has 1 saturated carbocycles. The third-order valence-electron chi connectivity index (χ3n) is 4.94. The van der Waals surface area contributed by atoms with Crippen LogP contribution in [0.1, 0.15) is 58.8 Å². The smallest absolute Gasteiger partial charge is 0.221 e. The fourth-order valence-corrected chi connectivity index (χ4v) is 3.62. The van der Waals surface area contributed by atoms with Crippen molar-refractivity contribution in [1.82, 2.24) is 10.6 Å². The molecule has 0 aromatic carbocycles. The Bertz CT molecular complexity index is 274. The van der Waals surface area contributed by atoms with E-state index in [1.165, 1.54) is 32.1 Å². The lowest BCUT2D eigenvalue weighted by Crippen LogP contribution is -2.42. The topological polar surface area (TPSA) is 41.1 Å². The van der Waals surface area contributed by atoms with E-state index in [-0.39, 0.29) is 5.91 Å². The highest BCUT2D eigenvalue weighted by Crippen LogP contribution is 2.33. The number of hydrogen-bond donors (Lipinski definition) is 2. The van der Waals surface area contributed by atoms with Gasteiger partial charge in [-0.3, -0.25) is 4.79 Å². The molecule has 4 atom stereocenters. The van der Waals surface area contributed by atoms with Crippen LogP contribution >= 0.6 is 0 Å². The maximum Gasteiger partial charge on any atom is 0.221 e. The quantitative estimate of drug-likeness (QED) is 0.807. The summed E-state index contributed by atoms with van der Waals surface area (Å²) < 4.78 is 0. The lowest BCUT2D eigenvalue weighted by Gasteiger charge is -2.25. The van der Waals surface area contributed by atoms with Gasteiger partial charge in [-0.2, -0.15) is 0 Å². The SMILES string of the molecule is CCC1CCC(NC(=O)CC2CCCCN2)C1C. The van der Waals surface area contributed by atoms with Crippen LogP contribution in [0.4, 0.5) is 0 Å². The lowest BCUT2D eigenvalue weighted by molar-refractivity contribution is -0.122. The van der Waals surface area contributed by atoms with Gasteiger partial charge in [-0.05, 0) is 44.1 Å². The van der Waals surface area contributed by atoms with Crippen LogP contribution in [0.5, 0.6) is 0 Å². The second kappa shape index (κ2) is 6.55. The molecular formula is C15H28N2O. The van der Waals surface area contributed by atoms with Crippen molar-refractivity contribution in [3.05, 3.63) is 0 Å². The molecule has 0 bridgehead atoms. The normalized spacial score (nSPS) is 36.6. The Morgan fingerprint density at radius 1 is 1.28 bits per heavy atom. The Balaban J connectivity index is 1.74. The maximum atomic E-state index is 12.1. The number of carbonyl (C=O) groups excluding carboxylic acids is 1. The van der Waals surface area contributed by atoms with Crippen molar-refractivity contribution in [3.63, 3.8) is 0 Å². The zero-order chi connectivity index (χ0) is 13.0. The van der Waals surface area contributed by atoms with Gasteiger partial charge in [0.15, 0.2) is 0 Å². The summed E-state index contributed by atoms with van der Waals surface area (Å²) in [6, 6.07) is 0.837. The number of nitrogens with one attached hydrogen (secondary N) is 2. The largest absolute Gasteiger partial charge is 0.353 e. The highest BCUT2D eigenvalue weighted by Gasteiger charge is 2.32. The van der Waals surface area contributed by atoms with E-state index in [0.717, 1.165) is 18.9 Å². The van der Waals surface area contributed by atoms with Crippen LogP contribution in [-0.2, 0) is 4.79 Å². The van der Waals surface area contributed by atoms with Crippen LogP contribution in [0.15, 0.2) is 0 Å². The average Bonchev–Trinajstić information content (AvgIpc) is 2.71. The number of carbonyl (C=O) groups is 1. The predicted molar refractivity (Wildman–Crippen MR) is 74.4 cm³/mol. The fraction of sp³-hybridized carbons (Fsp3) is 0.933. The van der Waals surface area contributed by atoms with Gasteiger partial charge in [-0.1, -0.05) is 26.7 Å². The molecule has 2 fully saturated rings. The predicted octanol–water partition coefficient (Wildman–Crippen LogP) is 2.46. The third-order valence-corrected chi connectivity index (χ3v) is 4.94. The summed E-state index contributed by atoms with van der Waals surface area (Å²) >= 11 is 0. The van der Waals surface area contributed by atoms with E-state index in [2.05, 4.69) is 24.5 Å². The van der Waals surface area contributed by atoms with Gasteiger partial charge < -0.3 is 10.6 Å². The highest BCUT2D eigenvalue weighted by atomic mass is 16.1. The second-order valence-corrected chi connectivity index (χ2v) is 6.13. The van der Waals surface area contributed by atoms with Crippen molar-refractivity contribution >= 4 is 5.91 Å². The Morgan fingerprint density at radius 3 is 2.72 bits per heavy atom. The van der Waals surface area contributed by atoms with Gasteiger partial charge in [0, 0.05) is 18.5 Å². The average molecular weight is 252 g/mol. The molecule has 4 unspecified atom stereocenters. The van der Waals surface area contributed by atoms with Crippen LogP contribution in [0, 0.1) is 11.8 Å². The van der Waals surface area contributed by atoms with Gasteiger partial charge in [0.1, 0.15) is 0 Å². The van der Waals surface area contributed by atoms with E-state index in [0.29, 0.717) is 24.4 Å². The first kappa shape index (κ1) is 13.9. The summed E-state index contributed by atoms with van der Waals surface area (Å²) in [5.41, 5.74) is 0. The summed E-state index contributed by atoms with van der Waals surface area (Å²) in [6.45, 7) is 5.64. The second-order valence-electron chi connectivity index (χ2n) is 6.13. The van der Waals surface area contributed by atoms with Gasteiger partial charge in [0.25, 0.3) is 0 Å². The van der Waals surface area contributed by atoms with E-state index in [1.54, 1.807) is 0 Å². The van der Waals surface area contributed by atoms with Gasteiger partial charge in [-0.15, -0.1) is 0 Å². The summed E-state index contributed by atoms with van der Waals surface area (Å²) in [4.78, 5) is 12.1. The van der Waals surface area contributed by atoms with Gasteiger partial charge in [-0.25, -0.2) is 0 Å². The Hall–Kier alpha value is -0.570. The van der Waals surface area contributed by atoms with Crippen molar-refractivity contribution < 1.29 is 4.79 Å². The maximum absolute atomic E-state index is 12.1. The molecule has 1 heterocycles. The molecule has 18 heavy (non-hydrogen) atoms. The fourth-order valence-electron chi connectivity index (χ4n) is 3.62. The van der Waals surface area contributed by atoms with Crippen LogP contribution in [0.25, 0.3) is 0 Å². The van der Waals surface area contributed by atoms with Crippen molar-refractivity contribution in [2.75, 3.05) is 6.54 Å². The van der Waals surface area contributed by atoms with Crippen LogP contribution in [-0.4, -0.2) is 24.5 Å². The molecule has 1 aliphatic heterocycles. The number of piperidine rings is 1. The van der Waals surface area contributed by atoms with E-state index in [4.69, 9.17) is 0 Å². The van der Waals surface area contributed by atoms with E-state index < -0.39 is 0 Å². The molecule has 0 spiro atoms. The van der Waals surface area contributed by atoms with Gasteiger partial charge in [0.05, 0.1) is 0 Å². The first-order valence-corrected chi connectivity index (χ1v) is 7.73. The molecule has 2 rings (SSSR count). The standard InChI is InChI=1S/C15H28N2O/c1-3-12-7-8-14(11(12)2)17-15(18)10-13-6-4-5-9-16-13/h11-14,16H,3-10H2,1-2H3,(H,17,18). The van der Waals surface area contributed by atoms with Crippen LogP contribution in [0.3, 0.4) is 0 Å². The molecule has 0 aromatic rings. The number of hydrogen-bond acceptors (Lipinski definition) is 2. The van der Waals surface area contributed by atoms with Crippen LogP contribution in [0.2, 0.25) is 0 Å². The Kier molecular flexibility index (Phi) is 5.04. The Labute approximate surface area is 111 Å². The highest BCUT2D eigenvalue weighted by molar-refractivity contribution is 5.77. The minimum Gasteiger partial charge on any atom is -0.353 e. The number of rotatable bonds is 4. The number of amides is 1. The molecule has 0 aromatic heterocycles. The Morgan fingerprint density at radius 2 is 2.11 bits per heavy atom. The summed E-state index contributed by atoms with van der Waals surface area (Å²) in [5.74, 6) is 1.71. The zero-order valence-electron chi connectivity index (χ0n) is 11.9. The van der Waals surface area contributed by atoms with Crippen molar-refractivity contribution in [3.8, 4) is 0 Å². The molecule has 2 N–H and O–H groups in total. The zero-order valence-corrected chi connectivity index (χ0v) is 11.9. The molecule has 2 aliphatic rings. The van der Waals surface area contributed by atoms with Crippen molar-refractivity contribution in [2.45, 2.75) is 70.9 Å². The molecule has 3 nitrogen and oxygen atoms in total. The minimum absolute atomic E-state index is 0.253. The molecule has 3 heteroatoms. The molecule has 1 aliphatic carbocycles. The first-order chi connectivity index (χ1) is 8.70. The summed E-state index contributed by atoms with van der Waals surface area (Å²) in [6.07, 6.45) is 8.05. The molecular weight excluding hydrogens is 224 g/mol. The van der Waals surface area contributed by atoms with Gasteiger partial charge in [0.2, 0.25) is 5.91 Å². The van der Waals surface area contributed by atoms with Gasteiger partial charge >= 0.3 is 0 Å². The van der Waals surface area contributed by atoms with E-state index in [9.17, 15) is 4.79 Å². The first-order valence-electron chi connectivity index (χ1n) is 7.73. The lowest BCUT2D eigenvalue weighted by atomic mass is 9.93. The van der Waals surface area contributed by atoms with Crippen LogP contribution < -0.4 is 10.6 Å². The minimum atomic E-state index is 0.253. The van der Waals surface area contributed by atoms with Crippen molar-refractivity contribution in [1.29, 1.82) is 0 Å². The monoisotopic (exact) mass is 252 g/mol. The summed E-state index contributed by atoms with van der Waals surface area (Å²) in [7, 11) is 0. The molecule has 1 amide bonds. The third kappa shape index (κ3) is 3.47. The molecule has 1 saturated heterocycles. The molecule has 0 radical (unpaired) electrons.